The van der Waals surface area contributed by atoms with E-state index in [1.165, 1.54) is 0 Å². The smallest absolute Gasteiger partial charge is 0.0991 e. The molecule has 2 nitrogen and oxygen atoms in total. The molecule has 1 heterocycles. The molecule has 0 saturated carbocycles. The zero-order chi connectivity index (χ0) is 16.2. The third kappa shape index (κ3) is 3.56. The lowest BCUT2D eigenvalue weighted by atomic mass is 10.1. The third-order valence-electron chi connectivity index (χ3n) is 3.46. The normalized spacial score (nSPS) is 10.3. The van der Waals surface area contributed by atoms with Gasteiger partial charge in [-0.15, -0.1) is 11.8 Å². The zero-order valence-electron chi connectivity index (χ0n) is 12.5. The highest BCUT2D eigenvalue weighted by Crippen LogP contribution is 2.29. The van der Waals surface area contributed by atoms with Crippen molar-refractivity contribution in [1.82, 2.24) is 4.98 Å². The van der Waals surface area contributed by atoms with Gasteiger partial charge >= 0.3 is 0 Å². The zero-order valence-corrected chi connectivity index (χ0v) is 14.0. The first-order valence-corrected chi connectivity index (χ1v) is 8.62. The van der Waals surface area contributed by atoms with Gasteiger partial charge in [-0.05, 0) is 42.7 Å². The van der Waals surface area contributed by atoms with Crippen molar-refractivity contribution in [1.29, 1.82) is 5.26 Å². The van der Waals surface area contributed by atoms with Gasteiger partial charge in [0.25, 0.3) is 0 Å². The van der Waals surface area contributed by atoms with Gasteiger partial charge in [-0.2, -0.15) is 5.26 Å². The first-order valence-electron chi connectivity index (χ1n) is 7.02. The van der Waals surface area contributed by atoms with E-state index in [2.05, 4.69) is 12.1 Å². The van der Waals surface area contributed by atoms with Gasteiger partial charge in [-0.25, -0.2) is 4.98 Å². The molecule has 0 aliphatic heterocycles. The molecule has 0 amide bonds. The lowest BCUT2D eigenvalue weighted by Gasteiger charge is -2.09. The Bertz CT molecular complexity index is 883. The van der Waals surface area contributed by atoms with E-state index < -0.39 is 0 Å². The Kier molecular flexibility index (Phi) is 4.66. The van der Waals surface area contributed by atoms with E-state index in [0.29, 0.717) is 10.6 Å². The number of aromatic nitrogens is 1. The van der Waals surface area contributed by atoms with Crippen LogP contribution in [0.4, 0.5) is 0 Å². The Morgan fingerprint density at radius 1 is 0.957 bits per heavy atom. The molecule has 3 rings (SSSR count). The van der Waals surface area contributed by atoms with Crippen molar-refractivity contribution in [2.45, 2.75) is 4.90 Å². The van der Waals surface area contributed by atoms with E-state index in [1.54, 1.807) is 17.8 Å². The summed E-state index contributed by atoms with van der Waals surface area (Å²) >= 11 is 7.63. The van der Waals surface area contributed by atoms with Crippen molar-refractivity contribution in [3.63, 3.8) is 0 Å². The average Bonchev–Trinajstić information content (AvgIpc) is 2.62. The second-order valence-corrected chi connectivity index (χ2v) is 6.29. The lowest BCUT2D eigenvalue weighted by Crippen LogP contribution is -1.90. The summed E-state index contributed by atoms with van der Waals surface area (Å²) in [6.07, 6.45) is 2.04. The van der Waals surface area contributed by atoms with Gasteiger partial charge < -0.3 is 0 Å². The monoisotopic (exact) mass is 336 g/mol. The summed E-state index contributed by atoms with van der Waals surface area (Å²) in [7, 11) is 0. The van der Waals surface area contributed by atoms with Crippen LogP contribution in [0.2, 0.25) is 5.02 Å². The summed E-state index contributed by atoms with van der Waals surface area (Å²) in [6, 6.07) is 21.4. The molecular formula is C19H13ClN2S. The summed E-state index contributed by atoms with van der Waals surface area (Å²) in [5.41, 5.74) is 4.34. The molecule has 2 aromatic carbocycles. The van der Waals surface area contributed by atoms with E-state index in [9.17, 15) is 0 Å². The van der Waals surface area contributed by atoms with Crippen LogP contribution < -0.4 is 0 Å². The molecule has 0 bridgehead atoms. The molecule has 0 N–H and O–H groups in total. The SMILES string of the molecule is CSc1cc(-c2ccc(Cl)cc2)nc(-c2cccc(C#N)c2)c1. The van der Waals surface area contributed by atoms with E-state index >= 15 is 0 Å². The van der Waals surface area contributed by atoms with E-state index in [4.69, 9.17) is 21.8 Å². The van der Waals surface area contributed by atoms with Crippen molar-refractivity contribution < 1.29 is 0 Å². The fourth-order valence-electron chi connectivity index (χ4n) is 2.29. The van der Waals surface area contributed by atoms with Gasteiger partial charge in [0.05, 0.1) is 23.0 Å². The standard InChI is InChI=1S/C19H13ClN2S/c1-23-17-10-18(14-5-7-16(20)8-6-14)22-19(11-17)15-4-2-3-13(9-15)12-21/h2-11H,1H3. The fraction of sp³-hybridized carbons (Fsp3) is 0.0526. The number of benzene rings is 2. The predicted molar refractivity (Wildman–Crippen MR) is 96.6 cm³/mol. The molecule has 0 aliphatic rings. The van der Waals surface area contributed by atoms with Crippen LogP contribution in [0, 0.1) is 11.3 Å². The van der Waals surface area contributed by atoms with Crippen molar-refractivity contribution in [2.75, 3.05) is 6.26 Å². The molecule has 0 aliphatic carbocycles. The van der Waals surface area contributed by atoms with Gasteiger partial charge in [0.15, 0.2) is 0 Å². The van der Waals surface area contributed by atoms with E-state index in [0.717, 1.165) is 27.4 Å². The second kappa shape index (κ2) is 6.87. The molecule has 0 unspecified atom stereocenters. The van der Waals surface area contributed by atoms with Crippen LogP contribution in [0.25, 0.3) is 22.5 Å². The number of hydrogen-bond donors (Lipinski definition) is 0. The second-order valence-electron chi connectivity index (χ2n) is 4.98. The number of pyridine rings is 1. The Hall–Kier alpha value is -2.28. The fourth-order valence-corrected chi connectivity index (χ4v) is 2.87. The molecule has 3 aromatic rings. The first kappa shape index (κ1) is 15.6. The van der Waals surface area contributed by atoms with Gasteiger partial charge in [0, 0.05) is 21.0 Å². The molecule has 0 fully saturated rings. The Balaban J connectivity index is 2.12. The molecule has 0 spiro atoms. The first-order chi connectivity index (χ1) is 11.2. The van der Waals surface area contributed by atoms with Crippen molar-refractivity contribution in [3.05, 3.63) is 71.2 Å². The minimum atomic E-state index is 0.631. The topological polar surface area (TPSA) is 36.7 Å². The summed E-state index contributed by atoms with van der Waals surface area (Å²) in [5.74, 6) is 0. The van der Waals surface area contributed by atoms with Gasteiger partial charge in [0.1, 0.15) is 0 Å². The minimum absolute atomic E-state index is 0.631. The highest BCUT2D eigenvalue weighted by atomic mass is 35.5. The highest BCUT2D eigenvalue weighted by molar-refractivity contribution is 7.98. The molecular weight excluding hydrogens is 324 g/mol. The van der Waals surface area contributed by atoms with E-state index in [-0.39, 0.29) is 0 Å². The average molecular weight is 337 g/mol. The van der Waals surface area contributed by atoms with Crippen LogP contribution in [-0.2, 0) is 0 Å². The van der Waals surface area contributed by atoms with Gasteiger partial charge in [-0.3, -0.25) is 0 Å². The van der Waals surface area contributed by atoms with E-state index in [1.807, 2.05) is 54.8 Å². The van der Waals surface area contributed by atoms with Crippen LogP contribution in [0.3, 0.4) is 0 Å². The van der Waals surface area contributed by atoms with Crippen LogP contribution in [0.1, 0.15) is 5.56 Å². The molecule has 0 atom stereocenters. The van der Waals surface area contributed by atoms with Crippen LogP contribution in [-0.4, -0.2) is 11.2 Å². The quantitative estimate of drug-likeness (QED) is 0.579. The van der Waals surface area contributed by atoms with Gasteiger partial charge in [-0.1, -0.05) is 35.9 Å². The van der Waals surface area contributed by atoms with Crippen molar-refractivity contribution in [2.24, 2.45) is 0 Å². The highest BCUT2D eigenvalue weighted by Gasteiger charge is 2.08. The number of thioether (sulfide) groups is 1. The van der Waals surface area contributed by atoms with Crippen molar-refractivity contribution >= 4 is 23.4 Å². The lowest BCUT2D eigenvalue weighted by molar-refractivity contribution is 1.26. The Morgan fingerprint density at radius 2 is 1.65 bits per heavy atom. The molecule has 4 heteroatoms. The van der Waals surface area contributed by atoms with Crippen LogP contribution in [0.15, 0.2) is 65.6 Å². The number of halogens is 1. The van der Waals surface area contributed by atoms with Crippen LogP contribution in [0.5, 0.6) is 0 Å². The summed E-state index contributed by atoms with van der Waals surface area (Å²) in [5, 5.41) is 9.79. The molecule has 23 heavy (non-hydrogen) atoms. The number of hydrogen-bond acceptors (Lipinski definition) is 3. The maximum absolute atomic E-state index is 9.08. The Morgan fingerprint density at radius 3 is 2.30 bits per heavy atom. The third-order valence-corrected chi connectivity index (χ3v) is 4.42. The predicted octanol–water partition coefficient (Wildman–Crippen LogP) is 5.66. The summed E-state index contributed by atoms with van der Waals surface area (Å²) in [6.45, 7) is 0. The summed E-state index contributed by atoms with van der Waals surface area (Å²) < 4.78 is 0. The molecule has 1 aromatic heterocycles. The number of rotatable bonds is 3. The van der Waals surface area contributed by atoms with Crippen LogP contribution >= 0.6 is 23.4 Å². The number of nitrogens with zero attached hydrogens (tertiary/aromatic N) is 2. The van der Waals surface area contributed by atoms with Crippen molar-refractivity contribution in [3.8, 4) is 28.6 Å². The molecule has 0 saturated heterocycles. The number of nitriles is 1. The molecule has 112 valence electrons. The largest absolute Gasteiger partial charge is 0.248 e. The molecule has 0 radical (unpaired) electrons. The summed E-state index contributed by atoms with van der Waals surface area (Å²) in [4.78, 5) is 5.89. The minimum Gasteiger partial charge on any atom is -0.248 e. The Labute approximate surface area is 144 Å². The maximum Gasteiger partial charge on any atom is 0.0991 e. The maximum atomic E-state index is 9.08. The van der Waals surface area contributed by atoms with Gasteiger partial charge in [0.2, 0.25) is 0 Å².